The maximum absolute atomic E-state index is 13.7. The fraction of sp³-hybridized carbons (Fsp3) is 0.940. The van der Waals surface area contributed by atoms with Gasteiger partial charge in [-0.3, -0.25) is 37.3 Å². The van der Waals surface area contributed by atoms with E-state index in [0.717, 1.165) is 154 Å². The lowest BCUT2D eigenvalue weighted by Gasteiger charge is -2.24. The highest BCUT2D eigenvalue weighted by Crippen LogP contribution is 2.48. The fourth-order valence-electron chi connectivity index (χ4n) is 13.1. The van der Waals surface area contributed by atoms with Crippen molar-refractivity contribution in [2.45, 2.75) is 438 Å². The van der Waals surface area contributed by atoms with Crippen molar-refractivity contribution in [3.05, 3.63) is 0 Å². The summed E-state index contributed by atoms with van der Waals surface area (Å²) in [5.41, 5.74) is 0. The Morgan fingerprint density at radius 1 is 0.364 bits per heavy atom. The van der Waals surface area contributed by atoms with Crippen molar-refractivity contribution in [3.63, 3.8) is 0 Å². The molecule has 0 spiro atoms. The summed E-state index contributed by atoms with van der Waals surface area (Å²) in [6, 6.07) is -2.57. The molecule has 0 radical (unpaired) electrons. The van der Waals surface area contributed by atoms with Gasteiger partial charge in [-0.1, -0.05) is 311 Å². The van der Waals surface area contributed by atoms with Gasteiger partial charge in [0.1, 0.15) is 11.9 Å². The smallest absolute Gasteiger partial charge is 0.462 e. The predicted octanol–water partition coefficient (Wildman–Crippen LogP) is 19.9. The molecular formula is C83H166N6O19P2. The van der Waals surface area contributed by atoms with Gasteiger partial charge in [-0.2, -0.15) is 0 Å². The molecule has 27 heteroatoms. The molecule has 110 heavy (non-hydrogen) atoms. The molecule has 0 rings (SSSR count). The Labute approximate surface area is 668 Å². The molecule has 0 heterocycles. The SMILES string of the molecule is CCCCCCCCCCCC(=O)CC(=O)NC(COCCC(CCCCCCC)OC(O)CCCCCCCCCCC)COP(=O)(ON)OCCNC(=O)NCCOP(=O)(ON)OCC(COCCC(CCCCCCC)OC(=O)CCCCCCCCCCC)NC(=O)CC(O)CCCCCCCCCCC. The van der Waals surface area contributed by atoms with Gasteiger partial charge in [0.15, 0.2) is 6.29 Å². The van der Waals surface area contributed by atoms with E-state index in [1.54, 1.807) is 0 Å². The number of esters is 1. The molecule has 10 N–H and O–H groups in total. The number of hydrogen-bond acceptors (Lipinski definition) is 21. The number of Topliss-reactive ketones (excluding diaryl/α,β-unsaturated/α-hetero) is 1. The highest BCUT2D eigenvalue weighted by Gasteiger charge is 2.31. The van der Waals surface area contributed by atoms with E-state index >= 15 is 0 Å². The standard InChI is InChI=1S/C83H166N6O19P2/c1-7-13-19-25-29-33-37-43-47-53-75(90)67-79(92)88-73(69-99-63-59-77(55-49-41-23-17-11-5)105-81(94)57-51-45-39-35-31-27-21-15-9-3)71-103-109(97,107-84)101-65-61-86-83(96)87-62-66-102-110(98,108-85)104-72-74(89-80(93)68-76(91)54-48-44-38-34-30-26-20-14-8-2)70-100-64-60-78(56-50-42-24-18-12-6)106-82(95)58-52-46-40-36-32-28-22-16-10-4/h73-75,77-78,82,90,95H,7-72,84-85H2,1-6H3,(H,88,92)(H,89,93)(H2,86,87,96). The lowest BCUT2D eigenvalue weighted by Crippen LogP contribution is -2.42. The maximum atomic E-state index is 13.7. The Morgan fingerprint density at radius 3 is 1.10 bits per heavy atom. The highest BCUT2D eigenvalue weighted by molar-refractivity contribution is 7.48. The van der Waals surface area contributed by atoms with Gasteiger partial charge < -0.3 is 50.4 Å². The summed E-state index contributed by atoms with van der Waals surface area (Å²) in [4.78, 5) is 65.8. The number of amides is 4. The molecule has 0 aromatic heterocycles. The number of rotatable bonds is 87. The van der Waals surface area contributed by atoms with E-state index in [-0.39, 0.29) is 82.7 Å². The zero-order valence-electron chi connectivity index (χ0n) is 70.5. The van der Waals surface area contributed by atoms with Crippen LogP contribution < -0.4 is 33.1 Å². The maximum Gasteiger partial charge on any atom is 0.491 e. The van der Waals surface area contributed by atoms with Crippen molar-refractivity contribution in [1.29, 1.82) is 0 Å². The van der Waals surface area contributed by atoms with Crippen molar-refractivity contribution in [1.82, 2.24) is 21.3 Å². The number of ketones is 1. The first-order chi connectivity index (χ1) is 53.4. The lowest BCUT2D eigenvalue weighted by molar-refractivity contribution is -0.150. The molecule has 8 unspecified atom stereocenters. The number of aliphatic hydroxyl groups is 2. The van der Waals surface area contributed by atoms with Gasteiger partial charge in [-0.25, -0.2) is 35.0 Å². The van der Waals surface area contributed by atoms with Gasteiger partial charge in [0, 0.05) is 39.0 Å². The molecule has 0 aliphatic rings. The number of carbonyl (C=O) groups excluding carboxylic acids is 5. The van der Waals surface area contributed by atoms with Gasteiger partial charge >= 0.3 is 27.6 Å². The van der Waals surface area contributed by atoms with Crippen LogP contribution in [0.3, 0.4) is 0 Å². The number of phosphoric acid groups is 2. The van der Waals surface area contributed by atoms with Crippen LogP contribution in [0.1, 0.15) is 401 Å². The molecule has 25 nitrogen and oxygen atoms in total. The molecule has 0 fully saturated rings. The Morgan fingerprint density at radius 2 is 0.700 bits per heavy atom. The minimum absolute atomic E-state index is 0.107. The van der Waals surface area contributed by atoms with E-state index < -0.39 is 84.4 Å². The van der Waals surface area contributed by atoms with Crippen LogP contribution in [0.15, 0.2) is 0 Å². The monoisotopic (exact) mass is 1610 g/mol. The van der Waals surface area contributed by atoms with E-state index in [1.165, 1.54) is 141 Å². The van der Waals surface area contributed by atoms with Crippen molar-refractivity contribution in [3.8, 4) is 0 Å². The average Bonchev–Trinajstić information content (AvgIpc) is 0.897. The largest absolute Gasteiger partial charge is 0.491 e. The molecule has 0 aliphatic carbocycles. The molecule has 4 amide bonds. The number of unbranched alkanes of at least 4 members (excludes halogenated alkanes) is 40. The number of phosphoric ester groups is 2. The number of nitrogens with one attached hydrogen (secondary N) is 4. The van der Waals surface area contributed by atoms with E-state index in [4.69, 9.17) is 58.1 Å². The summed E-state index contributed by atoms with van der Waals surface area (Å²) in [6.07, 6.45) is 52.5. The third-order valence-corrected chi connectivity index (χ3v) is 22.3. The normalized spacial score (nSPS) is 14.5. The first-order valence-corrected chi connectivity index (χ1v) is 47.4. The van der Waals surface area contributed by atoms with Crippen molar-refractivity contribution < 1.29 is 89.6 Å². The van der Waals surface area contributed by atoms with Crippen LogP contribution in [0.25, 0.3) is 0 Å². The van der Waals surface area contributed by atoms with E-state index in [1.807, 2.05) is 0 Å². The summed E-state index contributed by atoms with van der Waals surface area (Å²) < 4.78 is 83.2. The molecule has 8 atom stereocenters. The number of ether oxygens (including phenoxy) is 4. The zero-order valence-corrected chi connectivity index (χ0v) is 72.3. The Hall–Kier alpha value is -2.71. The summed E-state index contributed by atoms with van der Waals surface area (Å²) in [5.74, 6) is 9.47. The Bertz CT molecular complexity index is 2220. The Balaban J connectivity index is 5.83. The van der Waals surface area contributed by atoms with Crippen molar-refractivity contribution >= 4 is 45.2 Å². The lowest BCUT2D eigenvalue weighted by atomic mass is 10.0. The quantitative estimate of drug-likeness (QED) is 0.00700. The van der Waals surface area contributed by atoms with Gasteiger partial charge in [0.05, 0.1) is 83.4 Å². The minimum Gasteiger partial charge on any atom is -0.462 e. The summed E-state index contributed by atoms with van der Waals surface area (Å²) >= 11 is 0. The minimum atomic E-state index is -4.52. The summed E-state index contributed by atoms with van der Waals surface area (Å²) in [6.45, 7) is 11.2. The Kier molecular flexibility index (Phi) is 76.9. The number of aliphatic hydroxyl groups excluding tert-OH is 2. The number of hydrogen-bond donors (Lipinski definition) is 8. The molecule has 0 aromatic rings. The highest BCUT2D eigenvalue weighted by atomic mass is 31.2. The van der Waals surface area contributed by atoms with E-state index in [2.05, 4.69) is 62.8 Å². The van der Waals surface area contributed by atoms with Crippen LogP contribution in [0, 0.1) is 0 Å². The predicted molar refractivity (Wildman–Crippen MR) is 441 cm³/mol. The fourth-order valence-corrected chi connectivity index (χ4v) is 14.9. The second-order valence-corrected chi connectivity index (χ2v) is 33.7. The van der Waals surface area contributed by atoms with Crippen LogP contribution in [0.5, 0.6) is 0 Å². The molecule has 0 bridgehead atoms. The van der Waals surface area contributed by atoms with Gasteiger partial charge in [0.2, 0.25) is 11.8 Å². The summed E-state index contributed by atoms with van der Waals surface area (Å²) in [5, 5.41) is 32.5. The van der Waals surface area contributed by atoms with Gasteiger partial charge in [-0.15, -0.1) is 0 Å². The van der Waals surface area contributed by atoms with Crippen LogP contribution in [0.2, 0.25) is 0 Å². The second kappa shape index (κ2) is 78.8. The molecule has 652 valence electrons. The first-order valence-electron chi connectivity index (χ1n) is 44.5. The number of carbonyl (C=O) groups is 5. The zero-order chi connectivity index (χ0) is 80.9. The third-order valence-electron chi connectivity index (χ3n) is 19.9. The first kappa shape index (κ1) is 107. The third kappa shape index (κ3) is 70.7. The van der Waals surface area contributed by atoms with Crippen LogP contribution >= 0.6 is 15.6 Å². The topological polar surface area (TPSA) is 352 Å². The van der Waals surface area contributed by atoms with Crippen LogP contribution in [-0.2, 0) is 74.6 Å². The van der Waals surface area contributed by atoms with E-state index in [0.29, 0.717) is 44.9 Å². The summed E-state index contributed by atoms with van der Waals surface area (Å²) in [7, 11) is -9.03. The van der Waals surface area contributed by atoms with Crippen molar-refractivity contribution in [2.24, 2.45) is 11.8 Å². The molecule has 0 saturated heterocycles. The van der Waals surface area contributed by atoms with Crippen molar-refractivity contribution in [2.75, 3.05) is 65.9 Å². The van der Waals surface area contributed by atoms with Crippen LogP contribution in [-0.4, -0.2) is 142 Å². The number of nitrogens with two attached hydrogens (primary N) is 2. The van der Waals surface area contributed by atoms with Crippen LogP contribution in [0.4, 0.5) is 4.79 Å². The number of urea groups is 1. The molecule has 0 aliphatic heterocycles. The molecule has 0 saturated carbocycles. The average molecular weight is 1610 g/mol. The second-order valence-electron chi connectivity index (χ2n) is 30.5. The molecule has 0 aromatic carbocycles. The molecular weight excluding hydrogens is 1450 g/mol. The van der Waals surface area contributed by atoms with E-state index in [9.17, 15) is 43.3 Å². The van der Waals surface area contributed by atoms with Gasteiger partial charge in [-0.05, 0) is 57.8 Å². The van der Waals surface area contributed by atoms with Gasteiger partial charge in [0.25, 0.3) is 0 Å².